The highest BCUT2D eigenvalue weighted by atomic mass is 28.4. The minimum absolute atomic E-state index is 0.376. The highest BCUT2D eigenvalue weighted by Crippen LogP contribution is 2.38. The molecule has 0 saturated carbocycles. The molecule has 0 N–H and O–H groups in total. The second-order valence-electron chi connectivity index (χ2n) is 9.25. The second kappa shape index (κ2) is 6.67. The molecule has 6 nitrogen and oxygen atoms in total. The lowest BCUT2D eigenvalue weighted by atomic mass is 9.81. The van der Waals surface area contributed by atoms with Crippen molar-refractivity contribution in [2.75, 3.05) is 13.2 Å². The fourth-order valence-corrected chi connectivity index (χ4v) is 4.80. The van der Waals surface area contributed by atoms with Crippen LogP contribution in [0.4, 0.5) is 0 Å². The van der Waals surface area contributed by atoms with Gasteiger partial charge in [-0.05, 0) is 47.3 Å². The third-order valence-electron chi connectivity index (χ3n) is 5.41. The molecular formula is C18H31BN2O4Si. The van der Waals surface area contributed by atoms with Gasteiger partial charge in [-0.2, -0.15) is 0 Å². The van der Waals surface area contributed by atoms with Crippen molar-refractivity contribution in [1.29, 1.82) is 0 Å². The van der Waals surface area contributed by atoms with Gasteiger partial charge in [0.15, 0.2) is 14.1 Å². The highest BCUT2D eigenvalue weighted by molar-refractivity contribution is 6.69. The number of hydrogen-bond donors (Lipinski definition) is 0. The maximum Gasteiger partial charge on any atom is 0.498 e. The fourth-order valence-electron chi connectivity index (χ4n) is 3.33. The first-order chi connectivity index (χ1) is 11.9. The van der Waals surface area contributed by atoms with Gasteiger partial charge in [-0.15, -0.1) is 0 Å². The van der Waals surface area contributed by atoms with Crippen molar-refractivity contribution < 1.29 is 18.5 Å². The zero-order chi connectivity index (χ0) is 19.2. The van der Waals surface area contributed by atoms with Crippen LogP contribution < -0.4 is 5.46 Å². The second-order valence-corrected chi connectivity index (χ2v) is 13.7. The Morgan fingerprint density at radius 1 is 0.962 bits per heavy atom. The van der Waals surface area contributed by atoms with Crippen LogP contribution in [-0.2, 0) is 24.1 Å². The average Bonchev–Trinajstić information content (AvgIpc) is 2.75. The van der Waals surface area contributed by atoms with Gasteiger partial charge in [0.2, 0.25) is 0 Å². The van der Waals surface area contributed by atoms with Crippen LogP contribution in [0.1, 0.15) is 46.4 Å². The predicted molar refractivity (Wildman–Crippen MR) is 104 cm³/mol. The molecule has 2 saturated heterocycles. The number of nitrogens with zero attached hydrogens (tertiary/aromatic N) is 2. The molecule has 144 valence electrons. The van der Waals surface area contributed by atoms with Gasteiger partial charge in [0.05, 0.1) is 11.2 Å². The van der Waals surface area contributed by atoms with Gasteiger partial charge in [-0.25, -0.2) is 9.97 Å². The van der Waals surface area contributed by atoms with Gasteiger partial charge in [0.25, 0.3) is 0 Å². The van der Waals surface area contributed by atoms with Gasteiger partial charge in [-0.3, -0.25) is 0 Å². The van der Waals surface area contributed by atoms with E-state index in [9.17, 15) is 0 Å². The van der Waals surface area contributed by atoms with E-state index in [1.165, 1.54) is 0 Å². The number of rotatable bonds is 4. The Morgan fingerprint density at radius 2 is 1.46 bits per heavy atom. The lowest BCUT2D eigenvalue weighted by molar-refractivity contribution is -0.0605. The summed E-state index contributed by atoms with van der Waals surface area (Å²) in [5.41, 5.74) is -0.363. The summed E-state index contributed by atoms with van der Waals surface area (Å²) in [7, 11) is -2.21. The van der Waals surface area contributed by atoms with E-state index in [1.54, 1.807) is 0 Å². The molecule has 2 aliphatic rings. The monoisotopic (exact) mass is 378 g/mol. The lowest BCUT2D eigenvalue weighted by Crippen LogP contribution is -2.46. The first-order valence-electron chi connectivity index (χ1n) is 9.40. The summed E-state index contributed by atoms with van der Waals surface area (Å²) in [6.45, 7) is 16.1. The standard InChI is InChI=1S/C18H31BN2O4Si/c1-16(2)17(3,4)24-19(23-16)14-12-20-15(21-13-14)18(25-26(5,6)7)8-10-22-11-9-18/h12-13H,8-11H2,1-7H3. The molecule has 1 aromatic heterocycles. The van der Waals surface area contributed by atoms with Crippen LogP contribution in [0, 0.1) is 0 Å². The molecule has 3 heterocycles. The van der Waals surface area contributed by atoms with Crippen LogP contribution in [-0.4, -0.2) is 49.8 Å². The molecule has 1 aromatic rings. The van der Waals surface area contributed by atoms with E-state index in [0.29, 0.717) is 13.2 Å². The van der Waals surface area contributed by atoms with Crippen molar-refractivity contribution in [3.8, 4) is 0 Å². The molecule has 0 spiro atoms. The number of ether oxygens (including phenoxy) is 1. The van der Waals surface area contributed by atoms with E-state index in [4.69, 9.17) is 18.5 Å². The van der Waals surface area contributed by atoms with Crippen molar-refractivity contribution in [3.63, 3.8) is 0 Å². The molecule has 8 heteroatoms. The Bertz CT molecular complexity index is 624. The van der Waals surface area contributed by atoms with Crippen molar-refractivity contribution in [2.24, 2.45) is 0 Å². The summed E-state index contributed by atoms with van der Waals surface area (Å²) in [6, 6.07) is 0. The van der Waals surface area contributed by atoms with Crippen LogP contribution in [0.2, 0.25) is 19.6 Å². The summed E-state index contributed by atoms with van der Waals surface area (Å²) in [4.78, 5) is 9.34. The van der Waals surface area contributed by atoms with Gasteiger partial charge in [0.1, 0.15) is 5.60 Å². The average molecular weight is 378 g/mol. The quantitative estimate of drug-likeness (QED) is 0.751. The minimum Gasteiger partial charge on any atom is -0.405 e. The summed E-state index contributed by atoms with van der Waals surface area (Å²) >= 11 is 0. The third-order valence-corrected chi connectivity index (χ3v) is 6.41. The largest absolute Gasteiger partial charge is 0.498 e. The van der Waals surface area contributed by atoms with E-state index in [2.05, 4.69) is 29.6 Å². The van der Waals surface area contributed by atoms with Crippen LogP contribution in [0.15, 0.2) is 12.4 Å². The van der Waals surface area contributed by atoms with Gasteiger partial charge < -0.3 is 18.5 Å². The molecule has 0 atom stereocenters. The SMILES string of the molecule is CC1(C)OB(c2cnc(C3(O[Si](C)(C)C)CCOCC3)nc2)OC1(C)C. The maximum absolute atomic E-state index is 6.56. The Balaban J connectivity index is 1.84. The summed E-state index contributed by atoms with van der Waals surface area (Å²) < 4.78 is 24.3. The molecule has 0 bridgehead atoms. The van der Waals surface area contributed by atoms with Crippen LogP contribution in [0.3, 0.4) is 0 Å². The topological polar surface area (TPSA) is 62.7 Å². The van der Waals surface area contributed by atoms with Crippen molar-refractivity contribution in [3.05, 3.63) is 18.2 Å². The maximum atomic E-state index is 6.56. The molecule has 0 aromatic carbocycles. The lowest BCUT2D eigenvalue weighted by Gasteiger charge is -2.40. The number of aromatic nitrogens is 2. The highest BCUT2D eigenvalue weighted by Gasteiger charge is 2.52. The third kappa shape index (κ3) is 3.89. The van der Waals surface area contributed by atoms with Crippen molar-refractivity contribution >= 4 is 20.9 Å². The molecule has 0 unspecified atom stereocenters. The van der Waals surface area contributed by atoms with Gasteiger partial charge in [-0.1, -0.05) is 0 Å². The normalized spacial score (nSPS) is 24.7. The molecule has 0 amide bonds. The van der Waals surface area contributed by atoms with E-state index in [0.717, 1.165) is 24.1 Å². The summed E-state index contributed by atoms with van der Waals surface area (Å²) in [6.07, 6.45) is 5.20. The molecule has 2 fully saturated rings. The van der Waals surface area contributed by atoms with Crippen LogP contribution in [0.25, 0.3) is 0 Å². The zero-order valence-electron chi connectivity index (χ0n) is 17.1. The molecular weight excluding hydrogens is 347 g/mol. The summed E-state index contributed by atoms with van der Waals surface area (Å²) in [5.74, 6) is 0.739. The Morgan fingerprint density at radius 3 is 1.92 bits per heavy atom. The molecule has 0 radical (unpaired) electrons. The molecule has 26 heavy (non-hydrogen) atoms. The summed E-state index contributed by atoms with van der Waals surface area (Å²) in [5, 5.41) is 0. The first-order valence-corrected chi connectivity index (χ1v) is 12.8. The Hall–Kier alpha value is -0.798. The molecule has 3 rings (SSSR count). The smallest absolute Gasteiger partial charge is 0.405 e. The first kappa shape index (κ1) is 19.9. The number of hydrogen-bond acceptors (Lipinski definition) is 6. The molecule has 0 aliphatic carbocycles. The van der Waals surface area contributed by atoms with Gasteiger partial charge >= 0.3 is 7.12 Å². The van der Waals surface area contributed by atoms with Crippen LogP contribution >= 0.6 is 0 Å². The van der Waals surface area contributed by atoms with Crippen LogP contribution in [0.5, 0.6) is 0 Å². The van der Waals surface area contributed by atoms with Gasteiger partial charge in [0, 0.05) is 43.9 Å². The van der Waals surface area contributed by atoms with E-state index < -0.39 is 21.0 Å². The van der Waals surface area contributed by atoms with E-state index >= 15 is 0 Å². The van der Waals surface area contributed by atoms with E-state index in [1.807, 2.05) is 40.1 Å². The van der Waals surface area contributed by atoms with Crippen molar-refractivity contribution in [2.45, 2.75) is 77.0 Å². The fraction of sp³-hybridized carbons (Fsp3) is 0.778. The Kier molecular flexibility index (Phi) is 5.12. The van der Waals surface area contributed by atoms with Crippen molar-refractivity contribution in [1.82, 2.24) is 9.97 Å². The Labute approximate surface area is 158 Å². The zero-order valence-corrected chi connectivity index (χ0v) is 18.1. The molecule has 2 aliphatic heterocycles. The minimum atomic E-state index is -1.76. The van der Waals surface area contributed by atoms with E-state index in [-0.39, 0.29) is 11.2 Å². The predicted octanol–water partition coefficient (Wildman–Crippen LogP) is 2.63.